The fourth-order valence-corrected chi connectivity index (χ4v) is 2.89. The van der Waals surface area contributed by atoms with Gasteiger partial charge in [-0.25, -0.2) is 19.0 Å². The molecule has 0 spiro atoms. The van der Waals surface area contributed by atoms with Gasteiger partial charge in [0.25, 0.3) is 0 Å². The zero-order valence-electron chi connectivity index (χ0n) is 11.1. The van der Waals surface area contributed by atoms with Gasteiger partial charge in [-0.05, 0) is 33.2 Å². The zero-order valence-corrected chi connectivity index (χ0v) is 11.1. The summed E-state index contributed by atoms with van der Waals surface area (Å²) in [6.45, 7) is 0. The zero-order chi connectivity index (χ0) is 14.7. The molecule has 0 aliphatic carbocycles. The lowest BCUT2D eigenvalue weighted by molar-refractivity contribution is 0.314. The molecule has 22 heavy (non-hydrogen) atoms. The maximum absolute atomic E-state index is 13.7. The molecule has 2 aromatic heterocycles. The summed E-state index contributed by atoms with van der Waals surface area (Å²) >= 11 is 0. The van der Waals surface area contributed by atoms with E-state index < -0.39 is 0 Å². The minimum absolute atomic E-state index is 0.313. The first kappa shape index (κ1) is 11.5. The Morgan fingerprint density at radius 1 is 0.727 bits per heavy atom. The van der Waals surface area contributed by atoms with Gasteiger partial charge < -0.3 is 0 Å². The molecule has 5 aromatic rings. The van der Waals surface area contributed by atoms with E-state index in [1.54, 1.807) is 6.07 Å². The number of halogens is 1. The van der Waals surface area contributed by atoms with E-state index in [1.165, 1.54) is 12.1 Å². The highest BCUT2D eigenvalue weighted by molar-refractivity contribution is 6.23. The second kappa shape index (κ2) is 3.94. The maximum atomic E-state index is 13.7. The van der Waals surface area contributed by atoms with Crippen LogP contribution in [0.25, 0.3) is 43.9 Å². The van der Waals surface area contributed by atoms with Crippen LogP contribution in [-0.4, -0.2) is 20.3 Å². The van der Waals surface area contributed by atoms with Crippen molar-refractivity contribution in [1.82, 2.24) is 20.3 Å². The van der Waals surface area contributed by atoms with Gasteiger partial charge in [0.05, 0.1) is 5.52 Å². The van der Waals surface area contributed by atoms with Crippen LogP contribution in [-0.2, 0) is 0 Å². The summed E-state index contributed by atoms with van der Waals surface area (Å²) in [4.78, 5) is 8.95. The number of nitrogens with zero attached hydrogens (tertiary/aromatic N) is 4. The van der Waals surface area contributed by atoms with E-state index in [9.17, 15) is 4.39 Å². The van der Waals surface area contributed by atoms with Crippen LogP contribution < -0.4 is 0 Å². The van der Waals surface area contributed by atoms with Crippen molar-refractivity contribution in [3.8, 4) is 0 Å². The Morgan fingerprint density at radius 3 is 2.14 bits per heavy atom. The standard InChI is InChI=1S/C16H7FN4O/c17-8-5-6-10-9-3-1-2-4-11(9)13-14(12(10)7-8)19-16-15(18-13)20-22-21-16/h1-7H. The topological polar surface area (TPSA) is 64.7 Å². The lowest BCUT2D eigenvalue weighted by atomic mass is 9.99. The second-order valence-corrected chi connectivity index (χ2v) is 5.07. The lowest BCUT2D eigenvalue weighted by Gasteiger charge is -2.08. The number of rotatable bonds is 0. The van der Waals surface area contributed by atoms with Crippen LogP contribution in [0, 0.1) is 5.82 Å². The SMILES string of the molecule is Fc1ccc2c3ccccc3c3nc4nonc4nc3c2c1. The Labute approximate surface area is 122 Å². The van der Waals surface area contributed by atoms with Gasteiger partial charge in [0.15, 0.2) is 0 Å². The van der Waals surface area contributed by atoms with Gasteiger partial charge in [-0.15, -0.1) is 0 Å². The molecular weight excluding hydrogens is 283 g/mol. The van der Waals surface area contributed by atoms with Crippen LogP contribution in [0.5, 0.6) is 0 Å². The summed E-state index contributed by atoms with van der Waals surface area (Å²) in [5.74, 6) is -0.316. The summed E-state index contributed by atoms with van der Waals surface area (Å²) in [5.41, 5.74) is 1.91. The van der Waals surface area contributed by atoms with Crippen molar-refractivity contribution in [2.24, 2.45) is 0 Å². The van der Waals surface area contributed by atoms with Crippen LogP contribution >= 0.6 is 0 Å². The Balaban J connectivity index is 2.19. The predicted octanol–water partition coefficient (Wildman–Crippen LogP) is 3.61. The molecule has 0 aliphatic rings. The van der Waals surface area contributed by atoms with Gasteiger partial charge in [-0.1, -0.05) is 30.3 Å². The first-order valence-electron chi connectivity index (χ1n) is 6.71. The highest BCUT2D eigenvalue weighted by Crippen LogP contribution is 2.33. The van der Waals surface area contributed by atoms with Crippen LogP contribution in [0.3, 0.4) is 0 Å². The van der Waals surface area contributed by atoms with E-state index in [0.29, 0.717) is 27.7 Å². The van der Waals surface area contributed by atoms with E-state index in [1.807, 2.05) is 24.3 Å². The predicted molar refractivity (Wildman–Crippen MR) is 79.9 cm³/mol. The molecule has 104 valence electrons. The Hall–Kier alpha value is -3.15. The second-order valence-electron chi connectivity index (χ2n) is 5.07. The van der Waals surface area contributed by atoms with Gasteiger partial charge in [-0.3, -0.25) is 0 Å². The van der Waals surface area contributed by atoms with Crippen molar-refractivity contribution in [3.63, 3.8) is 0 Å². The molecule has 0 radical (unpaired) electrons. The van der Waals surface area contributed by atoms with Crippen molar-refractivity contribution in [3.05, 3.63) is 48.3 Å². The molecular formula is C16H7FN4O. The van der Waals surface area contributed by atoms with Gasteiger partial charge in [0.2, 0.25) is 11.3 Å². The fraction of sp³-hybridized carbons (Fsp3) is 0. The molecule has 2 heterocycles. The van der Waals surface area contributed by atoms with Crippen LogP contribution in [0.2, 0.25) is 0 Å². The normalized spacial score (nSPS) is 11.9. The summed E-state index contributed by atoms with van der Waals surface area (Å²) in [6, 6.07) is 12.5. The highest BCUT2D eigenvalue weighted by atomic mass is 19.1. The number of benzene rings is 3. The third-order valence-corrected chi connectivity index (χ3v) is 3.82. The third kappa shape index (κ3) is 1.41. The number of fused-ring (bicyclic) bond motifs is 7. The van der Waals surface area contributed by atoms with E-state index in [2.05, 4.69) is 24.9 Å². The van der Waals surface area contributed by atoms with E-state index in [0.717, 1.165) is 16.2 Å². The van der Waals surface area contributed by atoms with Crippen LogP contribution in [0.15, 0.2) is 47.1 Å². The molecule has 0 unspecified atom stereocenters. The molecule has 0 aliphatic heterocycles. The summed E-state index contributed by atoms with van der Waals surface area (Å²) < 4.78 is 18.4. The van der Waals surface area contributed by atoms with Gasteiger partial charge in [-0.2, -0.15) is 0 Å². The van der Waals surface area contributed by atoms with Crippen molar-refractivity contribution < 1.29 is 9.02 Å². The Bertz CT molecular complexity index is 1200. The number of aromatic nitrogens is 4. The number of hydrogen-bond acceptors (Lipinski definition) is 5. The lowest BCUT2D eigenvalue weighted by Crippen LogP contribution is -1.91. The molecule has 6 heteroatoms. The molecule has 5 rings (SSSR count). The van der Waals surface area contributed by atoms with E-state index in [-0.39, 0.29) is 5.82 Å². The first-order valence-corrected chi connectivity index (χ1v) is 6.71. The first-order chi connectivity index (χ1) is 10.8. The quantitative estimate of drug-likeness (QED) is 0.408. The molecule has 0 bridgehead atoms. The van der Waals surface area contributed by atoms with Crippen molar-refractivity contribution in [2.75, 3.05) is 0 Å². The Kier molecular flexibility index (Phi) is 2.06. The largest absolute Gasteiger partial charge is 0.243 e. The summed E-state index contributed by atoms with van der Waals surface area (Å²) in [7, 11) is 0. The molecule has 0 atom stereocenters. The monoisotopic (exact) mass is 290 g/mol. The minimum Gasteiger partial charge on any atom is -0.240 e. The van der Waals surface area contributed by atoms with Gasteiger partial charge in [0, 0.05) is 10.8 Å². The van der Waals surface area contributed by atoms with Crippen molar-refractivity contribution >= 4 is 43.9 Å². The third-order valence-electron chi connectivity index (χ3n) is 3.82. The molecule has 0 N–H and O–H groups in total. The van der Waals surface area contributed by atoms with Crippen LogP contribution in [0.4, 0.5) is 4.39 Å². The number of hydrogen-bond donors (Lipinski definition) is 0. The highest BCUT2D eigenvalue weighted by Gasteiger charge is 2.14. The molecule has 0 amide bonds. The average molecular weight is 290 g/mol. The smallest absolute Gasteiger partial charge is 0.240 e. The minimum atomic E-state index is -0.316. The van der Waals surface area contributed by atoms with E-state index in [4.69, 9.17) is 0 Å². The molecule has 0 fully saturated rings. The molecule has 5 nitrogen and oxygen atoms in total. The fourth-order valence-electron chi connectivity index (χ4n) is 2.89. The summed E-state index contributed by atoms with van der Waals surface area (Å²) in [6.07, 6.45) is 0. The molecule has 0 saturated carbocycles. The summed E-state index contributed by atoms with van der Waals surface area (Å²) in [5, 5.41) is 11.0. The Morgan fingerprint density at radius 2 is 1.36 bits per heavy atom. The van der Waals surface area contributed by atoms with Crippen LogP contribution in [0.1, 0.15) is 0 Å². The van der Waals surface area contributed by atoms with E-state index >= 15 is 0 Å². The van der Waals surface area contributed by atoms with Crippen molar-refractivity contribution in [2.45, 2.75) is 0 Å². The van der Waals surface area contributed by atoms with Gasteiger partial charge in [0.1, 0.15) is 11.3 Å². The van der Waals surface area contributed by atoms with Crippen molar-refractivity contribution in [1.29, 1.82) is 0 Å². The van der Waals surface area contributed by atoms with Gasteiger partial charge >= 0.3 is 0 Å². The average Bonchev–Trinajstić information content (AvgIpc) is 3.01. The maximum Gasteiger partial charge on any atom is 0.243 e. The molecule has 0 saturated heterocycles. The molecule has 3 aromatic carbocycles.